The monoisotopic (exact) mass is 831 g/mol. The summed E-state index contributed by atoms with van der Waals surface area (Å²) in [4.78, 5) is 37.6. The van der Waals surface area contributed by atoms with Crippen LogP contribution in [0.25, 0.3) is 0 Å². The second-order valence-electron chi connectivity index (χ2n) is 15.3. The van der Waals surface area contributed by atoms with E-state index >= 15 is 0 Å². The molecule has 0 amide bonds. The second kappa shape index (κ2) is 47.7. The molecule has 0 N–H and O–H groups in total. The molecule has 338 valence electrons. The van der Waals surface area contributed by atoms with Crippen LogP contribution in [0.2, 0.25) is 0 Å². The van der Waals surface area contributed by atoms with E-state index in [2.05, 4.69) is 130 Å². The summed E-state index contributed by atoms with van der Waals surface area (Å²) in [6, 6.07) is 0. The fourth-order valence-electron chi connectivity index (χ4n) is 5.99. The van der Waals surface area contributed by atoms with Crippen molar-refractivity contribution in [2.75, 3.05) is 13.2 Å². The van der Waals surface area contributed by atoms with Gasteiger partial charge in [-0.05, 0) is 103 Å². The highest BCUT2D eigenvalue weighted by Gasteiger charge is 2.19. The highest BCUT2D eigenvalue weighted by atomic mass is 16.6. The number of rotatable bonds is 41. The van der Waals surface area contributed by atoms with Crippen molar-refractivity contribution in [1.82, 2.24) is 0 Å². The smallest absolute Gasteiger partial charge is 0.306 e. The molecule has 0 heterocycles. The fourth-order valence-corrected chi connectivity index (χ4v) is 5.99. The Bertz CT molecular complexity index is 1280. The van der Waals surface area contributed by atoms with Crippen LogP contribution >= 0.6 is 0 Å². The number of hydrogen-bond acceptors (Lipinski definition) is 6. The average Bonchev–Trinajstić information content (AvgIpc) is 3.24. The van der Waals surface area contributed by atoms with Gasteiger partial charge in [-0.3, -0.25) is 14.4 Å². The molecule has 0 fully saturated rings. The lowest BCUT2D eigenvalue weighted by atomic mass is 10.1. The Balaban J connectivity index is 4.32. The first kappa shape index (κ1) is 56.1. The van der Waals surface area contributed by atoms with Crippen LogP contribution in [0.1, 0.15) is 194 Å². The van der Waals surface area contributed by atoms with Gasteiger partial charge in [-0.1, -0.05) is 182 Å². The van der Waals surface area contributed by atoms with E-state index in [0.29, 0.717) is 12.8 Å². The Morgan fingerprint density at radius 3 is 1.03 bits per heavy atom. The van der Waals surface area contributed by atoms with Gasteiger partial charge in [0.2, 0.25) is 0 Å². The van der Waals surface area contributed by atoms with Crippen molar-refractivity contribution in [3.63, 3.8) is 0 Å². The van der Waals surface area contributed by atoms with Gasteiger partial charge in [-0.25, -0.2) is 0 Å². The molecule has 0 bridgehead atoms. The van der Waals surface area contributed by atoms with Crippen molar-refractivity contribution < 1.29 is 28.6 Å². The first-order chi connectivity index (χ1) is 29.5. The lowest BCUT2D eigenvalue weighted by Gasteiger charge is -2.18. The molecule has 6 nitrogen and oxygen atoms in total. The van der Waals surface area contributed by atoms with Crippen molar-refractivity contribution in [3.05, 3.63) is 109 Å². The van der Waals surface area contributed by atoms with Crippen LogP contribution in [-0.4, -0.2) is 37.2 Å². The van der Waals surface area contributed by atoms with Crippen LogP contribution in [0, 0.1) is 0 Å². The van der Waals surface area contributed by atoms with Gasteiger partial charge in [0.15, 0.2) is 6.10 Å². The topological polar surface area (TPSA) is 78.9 Å². The molecule has 60 heavy (non-hydrogen) atoms. The zero-order valence-electron chi connectivity index (χ0n) is 38.4. The van der Waals surface area contributed by atoms with E-state index in [1.165, 1.54) is 19.3 Å². The molecule has 0 aliphatic carbocycles. The normalized spacial score (nSPS) is 13.1. The van der Waals surface area contributed by atoms with Gasteiger partial charge >= 0.3 is 17.9 Å². The Morgan fingerprint density at radius 1 is 0.350 bits per heavy atom. The standard InChI is InChI=1S/C54H86O6/c1-4-7-10-13-16-18-20-22-23-24-25-26-27-28-29-30-31-33-34-36-38-41-44-47-53(56)59-50-51(49-58-52(55)46-43-40-15-12-9-6-3)60-54(57)48-45-42-39-37-35-32-21-19-17-14-11-8-5-2/h7-8,10-11,16-19,22-23,25-26,28-29,31-33,35,51H,4-6,9,12-15,20-21,24,27,30,34,36-50H2,1-3H3/b10-7-,11-8-,18-16-,19-17-,23-22-,26-25-,29-28-,33-31-,35-32-. The number of carbonyl (C=O) groups excluding carboxylic acids is 3. The minimum absolute atomic E-state index is 0.101. The molecule has 0 spiro atoms. The van der Waals surface area contributed by atoms with E-state index in [9.17, 15) is 14.4 Å². The maximum Gasteiger partial charge on any atom is 0.306 e. The number of carbonyl (C=O) groups is 3. The van der Waals surface area contributed by atoms with Crippen LogP contribution in [0.3, 0.4) is 0 Å². The number of esters is 3. The molecular formula is C54H86O6. The van der Waals surface area contributed by atoms with E-state index < -0.39 is 6.10 Å². The van der Waals surface area contributed by atoms with Crippen molar-refractivity contribution in [3.8, 4) is 0 Å². The van der Waals surface area contributed by atoms with Crippen molar-refractivity contribution >= 4 is 17.9 Å². The fraction of sp³-hybridized carbons (Fsp3) is 0.611. The second-order valence-corrected chi connectivity index (χ2v) is 15.3. The van der Waals surface area contributed by atoms with Crippen LogP contribution in [0.4, 0.5) is 0 Å². The SMILES string of the molecule is CC/C=C\C/C=C\C/C=C\C/C=C\C/C=C\C/C=C\CCCCCCC(=O)OCC(COC(=O)CCCCCCCC)OC(=O)CCCCC/C=C\C/C=C\C/C=C\CC. The Kier molecular flexibility index (Phi) is 44.6. The lowest BCUT2D eigenvalue weighted by Crippen LogP contribution is -2.30. The number of ether oxygens (including phenoxy) is 3. The summed E-state index contributed by atoms with van der Waals surface area (Å²) < 4.78 is 16.6. The van der Waals surface area contributed by atoms with E-state index in [1.54, 1.807) is 0 Å². The number of hydrogen-bond donors (Lipinski definition) is 0. The summed E-state index contributed by atoms with van der Waals surface area (Å²) in [5.74, 6) is -0.977. The van der Waals surface area contributed by atoms with E-state index in [4.69, 9.17) is 14.2 Å². The summed E-state index contributed by atoms with van der Waals surface area (Å²) in [5, 5.41) is 0. The van der Waals surface area contributed by atoms with Crippen molar-refractivity contribution in [1.29, 1.82) is 0 Å². The third kappa shape index (κ3) is 45.2. The molecular weight excluding hydrogens is 745 g/mol. The predicted octanol–water partition coefficient (Wildman–Crippen LogP) is 15.6. The first-order valence-electron chi connectivity index (χ1n) is 23.9. The molecule has 0 aromatic heterocycles. The molecule has 0 aliphatic heterocycles. The van der Waals surface area contributed by atoms with Crippen LogP contribution in [0.5, 0.6) is 0 Å². The summed E-state index contributed by atoms with van der Waals surface area (Å²) in [5.41, 5.74) is 0. The van der Waals surface area contributed by atoms with Gasteiger partial charge in [-0.15, -0.1) is 0 Å². The molecule has 0 aromatic rings. The summed E-state index contributed by atoms with van der Waals surface area (Å²) >= 11 is 0. The van der Waals surface area contributed by atoms with Gasteiger partial charge in [0, 0.05) is 19.3 Å². The average molecular weight is 831 g/mol. The Morgan fingerprint density at radius 2 is 0.650 bits per heavy atom. The molecule has 1 unspecified atom stereocenters. The van der Waals surface area contributed by atoms with Crippen molar-refractivity contribution in [2.24, 2.45) is 0 Å². The molecule has 0 rings (SSSR count). The van der Waals surface area contributed by atoms with Gasteiger partial charge in [0.05, 0.1) is 0 Å². The van der Waals surface area contributed by atoms with E-state index in [1.807, 2.05) is 0 Å². The maximum absolute atomic E-state index is 12.7. The lowest BCUT2D eigenvalue weighted by molar-refractivity contribution is -0.167. The summed E-state index contributed by atoms with van der Waals surface area (Å²) in [7, 11) is 0. The predicted molar refractivity (Wildman–Crippen MR) is 256 cm³/mol. The minimum atomic E-state index is -0.801. The molecule has 0 aliphatic rings. The first-order valence-corrected chi connectivity index (χ1v) is 23.9. The highest BCUT2D eigenvalue weighted by Crippen LogP contribution is 2.12. The van der Waals surface area contributed by atoms with Gasteiger partial charge in [0.1, 0.15) is 13.2 Å². The Labute approximate surface area is 368 Å². The zero-order valence-corrected chi connectivity index (χ0v) is 38.4. The molecule has 0 radical (unpaired) electrons. The van der Waals surface area contributed by atoms with Crippen LogP contribution < -0.4 is 0 Å². The third-order valence-corrected chi connectivity index (χ3v) is 9.52. The van der Waals surface area contributed by atoms with E-state index in [-0.39, 0.29) is 37.5 Å². The van der Waals surface area contributed by atoms with Crippen LogP contribution in [0.15, 0.2) is 109 Å². The number of allylic oxidation sites excluding steroid dienone is 18. The molecule has 0 saturated carbocycles. The third-order valence-electron chi connectivity index (χ3n) is 9.52. The summed E-state index contributed by atoms with van der Waals surface area (Å²) in [6.45, 7) is 6.27. The molecule has 0 saturated heterocycles. The largest absolute Gasteiger partial charge is 0.462 e. The van der Waals surface area contributed by atoms with Crippen LogP contribution in [-0.2, 0) is 28.6 Å². The Hall–Kier alpha value is -3.93. The van der Waals surface area contributed by atoms with E-state index in [0.717, 1.165) is 135 Å². The molecule has 1 atom stereocenters. The zero-order chi connectivity index (χ0) is 43.7. The van der Waals surface area contributed by atoms with Gasteiger partial charge < -0.3 is 14.2 Å². The molecule has 6 heteroatoms. The van der Waals surface area contributed by atoms with Crippen molar-refractivity contribution in [2.45, 2.75) is 200 Å². The maximum atomic E-state index is 12.7. The van der Waals surface area contributed by atoms with Gasteiger partial charge in [0.25, 0.3) is 0 Å². The highest BCUT2D eigenvalue weighted by molar-refractivity contribution is 5.71. The van der Waals surface area contributed by atoms with Gasteiger partial charge in [-0.2, -0.15) is 0 Å². The quantitative estimate of drug-likeness (QED) is 0.0264. The number of unbranched alkanes of at least 4 members (excludes halogenated alkanes) is 12. The summed E-state index contributed by atoms with van der Waals surface area (Å²) in [6.07, 6.45) is 63.8. The minimum Gasteiger partial charge on any atom is -0.462 e. The molecule has 0 aromatic carbocycles.